The van der Waals surface area contributed by atoms with Crippen molar-refractivity contribution in [2.24, 2.45) is 0 Å². The van der Waals surface area contributed by atoms with Crippen LogP contribution in [0.15, 0.2) is 46.7 Å². The van der Waals surface area contributed by atoms with Crippen molar-refractivity contribution >= 4 is 27.4 Å². The Hall–Kier alpha value is -1.90. The second-order valence-corrected chi connectivity index (χ2v) is 9.85. The van der Waals surface area contributed by atoms with Gasteiger partial charge in [-0.15, -0.1) is 11.3 Å². The zero-order chi connectivity index (χ0) is 19.4. The SMILES string of the molecule is Cc1ccc(S(=O)(=O)N2CCC(NC(=O)N(C)Cc3cccs3)CC2)cc1. The third-order valence-electron chi connectivity index (χ3n) is 4.76. The quantitative estimate of drug-likeness (QED) is 0.828. The molecule has 1 aliphatic rings. The van der Waals surface area contributed by atoms with Gasteiger partial charge in [0.05, 0.1) is 11.4 Å². The Morgan fingerprint density at radius 2 is 1.89 bits per heavy atom. The van der Waals surface area contributed by atoms with Gasteiger partial charge in [0.25, 0.3) is 0 Å². The van der Waals surface area contributed by atoms with E-state index in [-0.39, 0.29) is 12.1 Å². The van der Waals surface area contributed by atoms with E-state index in [1.54, 1.807) is 35.4 Å². The lowest BCUT2D eigenvalue weighted by atomic mass is 10.1. The van der Waals surface area contributed by atoms with E-state index in [4.69, 9.17) is 0 Å². The van der Waals surface area contributed by atoms with Crippen molar-refractivity contribution in [2.45, 2.75) is 37.2 Å². The van der Waals surface area contributed by atoms with Crippen LogP contribution in [-0.4, -0.2) is 49.8 Å². The largest absolute Gasteiger partial charge is 0.335 e. The minimum Gasteiger partial charge on any atom is -0.335 e. The molecule has 146 valence electrons. The number of nitrogens with zero attached hydrogens (tertiary/aromatic N) is 2. The number of piperidine rings is 1. The van der Waals surface area contributed by atoms with E-state index in [1.807, 2.05) is 36.6 Å². The summed E-state index contributed by atoms with van der Waals surface area (Å²) >= 11 is 1.62. The van der Waals surface area contributed by atoms with Crippen LogP contribution in [0.25, 0.3) is 0 Å². The Kier molecular flexibility index (Phi) is 6.18. The molecule has 1 fully saturated rings. The summed E-state index contributed by atoms with van der Waals surface area (Å²) in [6, 6.07) is 10.8. The van der Waals surface area contributed by atoms with Crippen LogP contribution in [0.5, 0.6) is 0 Å². The summed E-state index contributed by atoms with van der Waals surface area (Å²) in [6.07, 6.45) is 1.23. The van der Waals surface area contributed by atoms with E-state index in [2.05, 4.69) is 5.32 Å². The highest BCUT2D eigenvalue weighted by Gasteiger charge is 2.30. The highest BCUT2D eigenvalue weighted by atomic mass is 32.2. The van der Waals surface area contributed by atoms with E-state index in [9.17, 15) is 13.2 Å². The predicted octanol–water partition coefficient (Wildman–Crippen LogP) is 3.05. The van der Waals surface area contributed by atoms with Gasteiger partial charge in [-0.3, -0.25) is 0 Å². The van der Waals surface area contributed by atoms with Gasteiger partial charge >= 0.3 is 6.03 Å². The molecule has 0 saturated carbocycles. The van der Waals surface area contributed by atoms with Crippen molar-refractivity contribution in [2.75, 3.05) is 20.1 Å². The summed E-state index contributed by atoms with van der Waals surface area (Å²) in [5, 5.41) is 5.01. The summed E-state index contributed by atoms with van der Waals surface area (Å²) < 4.78 is 27.0. The van der Waals surface area contributed by atoms with Gasteiger partial charge in [-0.25, -0.2) is 13.2 Å². The molecule has 2 heterocycles. The summed E-state index contributed by atoms with van der Waals surface area (Å²) in [5.41, 5.74) is 1.03. The Bertz CT molecular complexity index is 856. The molecular weight excluding hydrogens is 382 g/mol. The van der Waals surface area contributed by atoms with Crippen LogP contribution in [0.1, 0.15) is 23.3 Å². The number of aryl methyl sites for hydroxylation is 1. The van der Waals surface area contributed by atoms with Crippen molar-refractivity contribution in [1.82, 2.24) is 14.5 Å². The molecular formula is C19H25N3O3S2. The molecule has 3 rings (SSSR count). The molecule has 0 aliphatic carbocycles. The number of carbonyl (C=O) groups excluding carboxylic acids is 1. The zero-order valence-electron chi connectivity index (χ0n) is 15.6. The monoisotopic (exact) mass is 407 g/mol. The van der Waals surface area contributed by atoms with Gasteiger partial charge in [0.2, 0.25) is 10.0 Å². The molecule has 27 heavy (non-hydrogen) atoms. The normalized spacial score (nSPS) is 16.2. The Morgan fingerprint density at radius 1 is 1.22 bits per heavy atom. The summed E-state index contributed by atoms with van der Waals surface area (Å²) in [5.74, 6) is 0. The van der Waals surface area contributed by atoms with Gasteiger partial charge in [0, 0.05) is 31.1 Å². The first-order valence-corrected chi connectivity index (χ1v) is 11.3. The number of hydrogen-bond donors (Lipinski definition) is 1. The lowest BCUT2D eigenvalue weighted by Gasteiger charge is -2.32. The van der Waals surface area contributed by atoms with Crippen molar-refractivity contribution < 1.29 is 13.2 Å². The smallest absolute Gasteiger partial charge is 0.317 e. The molecule has 0 radical (unpaired) electrons. The molecule has 1 aromatic heterocycles. The number of urea groups is 1. The number of sulfonamides is 1. The Morgan fingerprint density at radius 3 is 2.48 bits per heavy atom. The van der Waals surface area contributed by atoms with Crippen LogP contribution >= 0.6 is 11.3 Å². The third-order valence-corrected chi connectivity index (χ3v) is 7.53. The Labute approximate surface area is 164 Å². The fourth-order valence-corrected chi connectivity index (χ4v) is 5.32. The molecule has 0 unspecified atom stereocenters. The third kappa shape index (κ3) is 4.88. The highest BCUT2D eigenvalue weighted by Crippen LogP contribution is 2.21. The first-order chi connectivity index (χ1) is 12.9. The van der Waals surface area contributed by atoms with Gasteiger partial charge < -0.3 is 10.2 Å². The number of carbonyl (C=O) groups is 1. The average molecular weight is 408 g/mol. The van der Waals surface area contributed by atoms with Gasteiger partial charge in [-0.2, -0.15) is 4.31 Å². The lowest BCUT2D eigenvalue weighted by molar-refractivity contribution is 0.195. The van der Waals surface area contributed by atoms with Gasteiger partial charge in [0.15, 0.2) is 0 Å². The maximum atomic E-state index is 12.7. The van der Waals surface area contributed by atoms with Crippen molar-refractivity contribution in [1.29, 1.82) is 0 Å². The molecule has 6 nitrogen and oxygen atoms in total. The molecule has 0 spiro atoms. The number of hydrogen-bond acceptors (Lipinski definition) is 4. The van der Waals surface area contributed by atoms with E-state index in [1.165, 1.54) is 4.31 Å². The number of nitrogens with one attached hydrogen (secondary N) is 1. The van der Waals surface area contributed by atoms with E-state index >= 15 is 0 Å². The Balaban J connectivity index is 1.52. The molecule has 8 heteroatoms. The molecule has 0 bridgehead atoms. The minimum absolute atomic E-state index is 0.00671. The lowest BCUT2D eigenvalue weighted by Crippen LogP contribution is -2.49. The zero-order valence-corrected chi connectivity index (χ0v) is 17.2. The topological polar surface area (TPSA) is 69.7 Å². The van der Waals surface area contributed by atoms with Crippen molar-refractivity contribution in [3.8, 4) is 0 Å². The minimum atomic E-state index is -3.47. The van der Waals surface area contributed by atoms with Crippen LogP contribution in [0.2, 0.25) is 0 Å². The van der Waals surface area contributed by atoms with Gasteiger partial charge in [-0.05, 0) is 43.3 Å². The summed E-state index contributed by atoms with van der Waals surface area (Å²) in [6.45, 7) is 3.33. The first-order valence-electron chi connectivity index (χ1n) is 8.97. The standard InChI is InChI=1S/C19H25N3O3S2/c1-15-5-7-18(8-6-15)27(24,25)22-11-9-16(10-12-22)20-19(23)21(2)14-17-4-3-13-26-17/h3-8,13,16H,9-12,14H2,1-2H3,(H,20,23). The van der Waals surface area contributed by atoms with Crippen LogP contribution in [0, 0.1) is 6.92 Å². The van der Waals surface area contributed by atoms with Crippen LogP contribution < -0.4 is 5.32 Å². The molecule has 1 aliphatic heterocycles. The predicted molar refractivity (Wildman–Crippen MR) is 107 cm³/mol. The first kappa shape index (κ1) is 19.9. The fourth-order valence-electron chi connectivity index (χ4n) is 3.09. The van der Waals surface area contributed by atoms with Crippen LogP contribution in [-0.2, 0) is 16.6 Å². The van der Waals surface area contributed by atoms with Gasteiger partial charge in [-0.1, -0.05) is 23.8 Å². The van der Waals surface area contributed by atoms with Crippen molar-refractivity contribution in [3.63, 3.8) is 0 Å². The second-order valence-electron chi connectivity index (χ2n) is 6.88. The van der Waals surface area contributed by atoms with E-state index < -0.39 is 10.0 Å². The molecule has 2 amide bonds. The van der Waals surface area contributed by atoms with Crippen molar-refractivity contribution in [3.05, 3.63) is 52.2 Å². The maximum Gasteiger partial charge on any atom is 0.317 e. The number of benzene rings is 1. The maximum absolute atomic E-state index is 12.7. The molecule has 2 aromatic rings. The molecule has 0 atom stereocenters. The summed E-state index contributed by atoms with van der Waals surface area (Å²) in [4.78, 5) is 15.5. The fraction of sp³-hybridized carbons (Fsp3) is 0.421. The van der Waals surface area contributed by atoms with E-state index in [0.29, 0.717) is 37.4 Å². The average Bonchev–Trinajstić information content (AvgIpc) is 3.15. The van der Waals surface area contributed by atoms with E-state index in [0.717, 1.165) is 10.4 Å². The van der Waals surface area contributed by atoms with Gasteiger partial charge in [0.1, 0.15) is 0 Å². The van der Waals surface area contributed by atoms with Crippen LogP contribution in [0.3, 0.4) is 0 Å². The summed E-state index contributed by atoms with van der Waals surface area (Å²) in [7, 11) is -1.70. The molecule has 1 saturated heterocycles. The highest BCUT2D eigenvalue weighted by molar-refractivity contribution is 7.89. The van der Waals surface area contributed by atoms with Crippen LogP contribution in [0.4, 0.5) is 4.79 Å². The number of thiophene rings is 1. The molecule has 1 N–H and O–H groups in total. The molecule has 1 aromatic carbocycles. The second kappa shape index (κ2) is 8.41. The number of amides is 2. The number of rotatable bonds is 5.